The van der Waals surface area contributed by atoms with Gasteiger partial charge in [0.1, 0.15) is 11.5 Å². The normalized spacial score (nSPS) is 8.00. The van der Waals surface area contributed by atoms with Gasteiger partial charge in [-0.25, -0.2) is 0 Å². The lowest BCUT2D eigenvalue weighted by Gasteiger charge is -2.00. The summed E-state index contributed by atoms with van der Waals surface area (Å²) in [6.07, 6.45) is 0. The minimum atomic E-state index is 0. The second-order valence-electron chi connectivity index (χ2n) is 2.00. The molecule has 13 heavy (non-hydrogen) atoms. The first kappa shape index (κ1) is 11.8. The van der Waals surface area contributed by atoms with Crippen LogP contribution in [0.1, 0.15) is 0 Å². The number of ether oxygens (including phenoxy) is 2. The fourth-order valence-electron chi connectivity index (χ4n) is 0.712. The van der Waals surface area contributed by atoms with E-state index in [1.807, 2.05) is 24.3 Å². The highest BCUT2D eigenvalue weighted by molar-refractivity contribution is 6.13. The van der Waals surface area contributed by atoms with Gasteiger partial charge in [0, 0.05) is 0 Å². The molecular weight excluding hydrogens is 171 g/mol. The fraction of sp³-hybridized carbons (Fsp3) is 0.250. The second-order valence-corrected chi connectivity index (χ2v) is 2.00. The summed E-state index contributed by atoms with van der Waals surface area (Å²) < 4.78 is 9.92. The van der Waals surface area contributed by atoms with E-state index in [0.29, 0.717) is 0 Å². The summed E-state index contributed by atoms with van der Waals surface area (Å²) in [5, 5.41) is 14.0. The van der Waals surface area contributed by atoms with E-state index in [1.54, 1.807) is 14.2 Å². The van der Waals surface area contributed by atoms with Crippen molar-refractivity contribution >= 4 is 7.69 Å². The molecule has 5 heteroatoms. The highest BCUT2D eigenvalue weighted by Crippen LogP contribution is 2.15. The van der Waals surface area contributed by atoms with E-state index in [1.165, 1.54) is 0 Å². The van der Waals surface area contributed by atoms with Crippen molar-refractivity contribution in [3.8, 4) is 11.5 Å². The Bertz CT molecular complexity index is 189. The van der Waals surface area contributed by atoms with Crippen molar-refractivity contribution in [1.29, 1.82) is 0 Å². The predicted molar refractivity (Wildman–Crippen MR) is 49.7 cm³/mol. The van der Waals surface area contributed by atoms with Crippen LogP contribution in [0.5, 0.6) is 11.5 Å². The number of hydrogen-bond donors (Lipinski definition) is 2. The number of methoxy groups -OCH3 is 2. The summed E-state index contributed by atoms with van der Waals surface area (Å²) in [5.74, 6) is 1.70. The average molecular weight is 183 g/mol. The molecular formula is C8H12BO4. The summed E-state index contributed by atoms with van der Waals surface area (Å²) in [7, 11) is 3.28. The van der Waals surface area contributed by atoms with Gasteiger partial charge in [0.15, 0.2) is 0 Å². The predicted octanol–water partition coefficient (Wildman–Crippen LogP) is 0.209. The molecule has 0 aliphatic carbocycles. The number of rotatable bonds is 2. The summed E-state index contributed by atoms with van der Waals surface area (Å²) in [6, 6.07) is 7.44. The smallest absolute Gasteiger partial charge is 0.482 e. The Hall–Kier alpha value is -1.20. The zero-order valence-corrected chi connectivity index (χ0v) is 7.60. The topological polar surface area (TPSA) is 58.9 Å². The van der Waals surface area contributed by atoms with E-state index in [2.05, 4.69) is 0 Å². The fourth-order valence-corrected chi connectivity index (χ4v) is 0.712. The largest absolute Gasteiger partial charge is 0.497 e. The highest BCUT2D eigenvalue weighted by atomic mass is 16.5. The molecule has 1 aromatic rings. The second kappa shape index (κ2) is 7.45. The van der Waals surface area contributed by atoms with Crippen LogP contribution in [0.15, 0.2) is 24.3 Å². The molecule has 0 atom stereocenters. The zero-order chi connectivity index (χ0) is 10.1. The van der Waals surface area contributed by atoms with Gasteiger partial charge in [-0.1, -0.05) is 0 Å². The number of hydrogen-bond acceptors (Lipinski definition) is 4. The van der Waals surface area contributed by atoms with Crippen LogP contribution in [0.2, 0.25) is 0 Å². The molecule has 0 amide bonds. The maximum atomic E-state index is 7.00. The van der Waals surface area contributed by atoms with Gasteiger partial charge in [0.2, 0.25) is 0 Å². The van der Waals surface area contributed by atoms with E-state index in [0.717, 1.165) is 11.5 Å². The van der Waals surface area contributed by atoms with Crippen molar-refractivity contribution in [2.45, 2.75) is 0 Å². The third kappa shape index (κ3) is 5.11. The van der Waals surface area contributed by atoms with Crippen molar-refractivity contribution in [3.63, 3.8) is 0 Å². The van der Waals surface area contributed by atoms with Crippen molar-refractivity contribution in [1.82, 2.24) is 0 Å². The Kier molecular flexibility index (Phi) is 6.77. The van der Waals surface area contributed by atoms with Crippen LogP contribution in [0.3, 0.4) is 0 Å². The van der Waals surface area contributed by atoms with Gasteiger partial charge in [-0.15, -0.1) is 0 Å². The Morgan fingerprint density at radius 3 is 1.31 bits per heavy atom. The lowest BCUT2D eigenvalue weighted by molar-refractivity contribution is 0.403. The monoisotopic (exact) mass is 183 g/mol. The van der Waals surface area contributed by atoms with E-state index >= 15 is 0 Å². The minimum Gasteiger partial charge on any atom is -0.497 e. The molecule has 0 aliphatic rings. The standard InChI is InChI=1S/C8H10O2.BH2O2/c1-9-7-3-5-8(10-2)6-4-7;2-1-3/h3-6H,1-2H3;2-3H. The van der Waals surface area contributed by atoms with Crippen LogP contribution >= 0.6 is 0 Å². The third-order valence-electron chi connectivity index (χ3n) is 1.30. The highest BCUT2D eigenvalue weighted by Gasteiger charge is 1.89. The van der Waals surface area contributed by atoms with Crippen LogP contribution in [0.4, 0.5) is 0 Å². The van der Waals surface area contributed by atoms with Gasteiger partial charge in [-0.05, 0) is 24.3 Å². The third-order valence-corrected chi connectivity index (χ3v) is 1.30. The van der Waals surface area contributed by atoms with Crippen LogP contribution in [-0.4, -0.2) is 32.0 Å². The molecule has 0 saturated carbocycles. The molecule has 0 aromatic heterocycles. The van der Waals surface area contributed by atoms with Gasteiger partial charge >= 0.3 is 7.69 Å². The molecule has 71 valence electrons. The molecule has 1 rings (SSSR count). The van der Waals surface area contributed by atoms with E-state index in [9.17, 15) is 0 Å². The summed E-state index contributed by atoms with van der Waals surface area (Å²) >= 11 is 0. The molecule has 0 aliphatic heterocycles. The van der Waals surface area contributed by atoms with Gasteiger partial charge in [0.25, 0.3) is 0 Å². The van der Waals surface area contributed by atoms with Crippen LogP contribution in [-0.2, 0) is 0 Å². The van der Waals surface area contributed by atoms with E-state index in [-0.39, 0.29) is 7.69 Å². The van der Waals surface area contributed by atoms with Crippen molar-refractivity contribution in [3.05, 3.63) is 24.3 Å². The van der Waals surface area contributed by atoms with Crippen molar-refractivity contribution in [2.75, 3.05) is 14.2 Å². The quantitative estimate of drug-likeness (QED) is 0.643. The molecule has 1 radical (unpaired) electrons. The molecule has 2 N–H and O–H groups in total. The number of benzene rings is 1. The summed E-state index contributed by atoms with van der Waals surface area (Å²) in [5.41, 5.74) is 0. The van der Waals surface area contributed by atoms with Crippen LogP contribution < -0.4 is 9.47 Å². The molecule has 4 nitrogen and oxygen atoms in total. The zero-order valence-electron chi connectivity index (χ0n) is 7.60. The van der Waals surface area contributed by atoms with Crippen LogP contribution in [0.25, 0.3) is 0 Å². The van der Waals surface area contributed by atoms with Gasteiger partial charge in [-0.3, -0.25) is 0 Å². The van der Waals surface area contributed by atoms with Gasteiger partial charge < -0.3 is 19.5 Å². The molecule has 0 heterocycles. The molecule has 0 bridgehead atoms. The Morgan fingerprint density at radius 2 is 1.15 bits per heavy atom. The maximum Gasteiger partial charge on any atom is 0.482 e. The lowest BCUT2D eigenvalue weighted by Crippen LogP contribution is -1.83. The summed E-state index contributed by atoms with van der Waals surface area (Å²) in [4.78, 5) is 0. The van der Waals surface area contributed by atoms with E-state index in [4.69, 9.17) is 19.5 Å². The van der Waals surface area contributed by atoms with Gasteiger partial charge in [0.05, 0.1) is 14.2 Å². The minimum absolute atomic E-state index is 0. The molecule has 0 fully saturated rings. The van der Waals surface area contributed by atoms with Gasteiger partial charge in [-0.2, -0.15) is 0 Å². The van der Waals surface area contributed by atoms with E-state index < -0.39 is 0 Å². The lowest BCUT2D eigenvalue weighted by atomic mass is 10.3. The maximum absolute atomic E-state index is 7.00. The SMILES string of the molecule is COc1ccc(OC)cc1.O[B]O. The average Bonchev–Trinajstić information content (AvgIpc) is 2.19. The Labute approximate surface area is 78.0 Å². The molecule has 1 aromatic carbocycles. The first-order valence-corrected chi connectivity index (χ1v) is 3.56. The Morgan fingerprint density at radius 1 is 0.923 bits per heavy atom. The van der Waals surface area contributed by atoms with Crippen LogP contribution in [0, 0.1) is 0 Å². The summed E-state index contributed by atoms with van der Waals surface area (Å²) in [6.45, 7) is 0. The molecule has 0 spiro atoms. The van der Waals surface area contributed by atoms with Crippen molar-refractivity contribution in [2.24, 2.45) is 0 Å². The molecule has 0 saturated heterocycles. The first-order chi connectivity index (χ1) is 6.28. The van der Waals surface area contributed by atoms with Crippen molar-refractivity contribution < 1.29 is 19.5 Å². The Balaban J connectivity index is 0.000000424. The molecule has 0 unspecified atom stereocenters. The first-order valence-electron chi connectivity index (χ1n) is 3.56.